The zero-order valence-corrected chi connectivity index (χ0v) is 12.8. The lowest BCUT2D eigenvalue weighted by molar-refractivity contribution is -0.191. The minimum absolute atomic E-state index is 0.588. The summed E-state index contributed by atoms with van der Waals surface area (Å²) in [5, 5.41) is 9.82. The van der Waals surface area contributed by atoms with Gasteiger partial charge in [0, 0.05) is 13.0 Å². The van der Waals surface area contributed by atoms with Crippen LogP contribution in [0, 0.1) is 0 Å². The van der Waals surface area contributed by atoms with Crippen molar-refractivity contribution in [3.8, 4) is 0 Å². The third kappa shape index (κ3) is 12.4. The van der Waals surface area contributed by atoms with E-state index in [-0.39, 0.29) is 0 Å². The van der Waals surface area contributed by atoms with E-state index in [2.05, 4.69) is 6.92 Å². The molecule has 1 N–H and O–H groups in total. The van der Waals surface area contributed by atoms with E-state index in [1.807, 2.05) is 6.92 Å². The van der Waals surface area contributed by atoms with Gasteiger partial charge in [-0.15, -0.1) is 0 Å². The molecule has 0 aliphatic carbocycles. The first-order chi connectivity index (χ1) is 8.62. The van der Waals surface area contributed by atoms with Gasteiger partial charge in [-0.2, -0.15) is 0 Å². The summed E-state index contributed by atoms with van der Waals surface area (Å²) in [5.41, 5.74) is 0. The third-order valence-electron chi connectivity index (χ3n) is 3.45. The van der Waals surface area contributed by atoms with Gasteiger partial charge in [0.15, 0.2) is 5.79 Å². The van der Waals surface area contributed by atoms with Gasteiger partial charge in [0.25, 0.3) is 0 Å². The average molecular weight is 258 g/mol. The van der Waals surface area contributed by atoms with Crippen molar-refractivity contribution in [1.29, 1.82) is 0 Å². The highest BCUT2D eigenvalue weighted by Crippen LogP contribution is 2.17. The summed E-state index contributed by atoms with van der Waals surface area (Å²) in [7, 11) is 0. The Morgan fingerprint density at radius 1 is 0.778 bits per heavy atom. The van der Waals surface area contributed by atoms with Gasteiger partial charge in [-0.05, 0) is 20.3 Å². The molecule has 0 bridgehead atoms. The van der Waals surface area contributed by atoms with E-state index in [1.165, 1.54) is 57.8 Å². The van der Waals surface area contributed by atoms with Crippen LogP contribution in [-0.2, 0) is 4.74 Å². The van der Waals surface area contributed by atoms with Crippen LogP contribution in [0.2, 0.25) is 0 Å². The molecule has 18 heavy (non-hydrogen) atoms. The van der Waals surface area contributed by atoms with Crippen LogP contribution in [0.4, 0.5) is 0 Å². The maximum absolute atomic E-state index is 9.82. The van der Waals surface area contributed by atoms with Crippen molar-refractivity contribution in [2.75, 3.05) is 6.61 Å². The lowest BCUT2D eigenvalue weighted by Crippen LogP contribution is -2.27. The van der Waals surface area contributed by atoms with Gasteiger partial charge in [0.05, 0.1) is 0 Å². The van der Waals surface area contributed by atoms with Gasteiger partial charge in [0.2, 0.25) is 0 Å². The van der Waals surface area contributed by atoms with E-state index >= 15 is 0 Å². The molecule has 0 saturated carbocycles. The molecule has 1 atom stereocenters. The normalized spacial score (nSPS) is 14.7. The number of hydrogen-bond acceptors (Lipinski definition) is 2. The maximum atomic E-state index is 9.82. The standard InChI is InChI=1S/C16H34O2/c1-4-6-7-8-9-10-11-12-13-14-15-16(3,17)18-5-2/h17H,4-15H2,1-3H3. The Morgan fingerprint density at radius 2 is 1.22 bits per heavy atom. The summed E-state index contributed by atoms with van der Waals surface area (Å²) < 4.78 is 5.27. The Morgan fingerprint density at radius 3 is 1.67 bits per heavy atom. The Balaban J connectivity index is 3.16. The van der Waals surface area contributed by atoms with Crippen molar-refractivity contribution < 1.29 is 9.84 Å². The fraction of sp³-hybridized carbons (Fsp3) is 1.00. The predicted octanol–water partition coefficient (Wildman–Crippen LogP) is 5.04. The monoisotopic (exact) mass is 258 g/mol. The average Bonchev–Trinajstić information content (AvgIpc) is 2.31. The molecular formula is C16H34O2. The van der Waals surface area contributed by atoms with Crippen LogP contribution in [0.25, 0.3) is 0 Å². The fourth-order valence-electron chi connectivity index (χ4n) is 2.32. The topological polar surface area (TPSA) is 29.5 Å². The molecule has 1 unspecified atom stereocenters. The van der Waals surface area contributed by atoms with Crippen LogP contribution in [0.5, 0.6) is 0 Å². The van der Waals surface area contributed by atoms with E-state index in [1.54, 1.807) is 6.92 Å². The first-order valence-corrected chi connectivity index (χ1v) is 7.98. The second kappa shape index (κ2) is 12.0. The van der Waals surface area contributed by atoms with Gasteiger partial charge >= 0.3 is 0 Å². The van der Waals surface area contributed by atoms with E-state index in [0.29, 0.717) is 6.61 Å². The fourth-order valence-corrected chi connectivity index (χ4v) is 2.32. The minimum atomic E-state index is -0.908. The molecular weight excluding hydrogens is 224 g/mol. The molecule has 0 rings (SSSR count). The first kappa shape index (κ1) is 17.9. The van der Waals surface area contributed by atoms with E-state index < -0.39 is 5.79 Å². The summed E-state index contributed by atoms with van der Waals surface area (Å²) in [4.78, 5) is 0. The highest BCUT2D eigenvalue weighted by Gasteiger charge is 2.18. The van der Waals surface area contributed by atoms with Gasteiger partial charge in [-0.1, -0.05) is 64.7 Å². The second-order valence-electron chi connectivity index (χ2n) is 5.54. The van der Waals surface area contributed by atoms with Crippen molar-refractivity contribution in [2.24, 2.45) is 0 Å². The molecule has 2 heteroatoms. The molecule has 0 aromatic carbocycles. The quantitative estimate of drug-likeness (QED) is 0.370. The van der Waals surface area contributed by atoms with Crippen molar-refractivity contribution in [2.45, 2.75) is 97.2 Å². The Labute approximate surface area is 114 Å². The highest BCUT2D eigenvalue weighted by molar-refractivity contribution is 4.59. The van der Waals surface area contributed by atoms with Crippen LogP contribution < -0.4 is 0 Å². The molecule has 2 nitrogen and oxygen atoms in total. The van der Waals surface area contributed by atoms with Gasteiger partial charge < -0.3 is 9.84 Å². The smallest absolute Gasteiger partial charge is 0.162 e. The number of unbranched alkanes of at least 4 members (excludes halogenated alkanes) is 9. The largest absolute Gasteiger partial charge is 0.366 e. The lowest BCUT2D eigenvalue weighted by Gasteiger charge is -2.22. The zero-order chi connectivity index (χ0) is 13.7. The van der Waals surface area contributed by atoms with Gasteiger partial charge in [-0.25, -0.2) is 0 Å². The molecule has 0 aliphatic heterocycles. The van der Waals surface area contributed by atoms with Crippen LogP contribution in [0.1, 0.15) is 91.4 Å². The molecule has 0 spiro atoms. The van der Waals surface area contributed by atoms with Crippen LogP contribution in [-0.4, -0.2) is 17.5 Å². The minimum Gasteiger partial charge on any atom is -0.366 e. The third-order valence-corrected chi connectivity index (χ3v) is 3.45. The number of ether oxygens (including phenoxy) is 1. The molecule has 110 valence electrons. The first-order valence-electron chi connectivity index (χ1n) is 7.98. The summed E-state index contributed by atoms with van der Waals surface area (Å²) in [6.07, 6.45) is 14.0. The predicted molar refractivity (Wildman–Crippen MR) is 78.7 cm³/mol. The summed E-state index contributed by atoms with van der Waals surface area (Å²) in [5.74, 6) is -0.908. The molecule has 0 aromatic heterocycles. The Hall–Kier alpha value is -0.0800. The maximum Gasteiger partial charge on any atom is 0.162 e. The molecule has 0 aromatic rings. The van der Waals surface area contributed by atoms with Crippen molar-refractivity contribution >= 4 is 0 Å². The highest BCUT2D eigenvalue weighted by atomic mass is 16.6. The van der Waals surface area contributed by atoms with Crippen molar-refractivity contribution in [3.63, 3.8) is 0 Å². The molecule has 0 heterocycles. The molecule has 0 amide bonds. The van der Waals surface area contributed by atoms with Crippen molar-refractivity contribution in [3.05, 3.63) is 0 Å². The van der Waals surface area contributed by atoms with Crippen LogP contribution in [0.3, 0.4) is 0 Å². The summed E-state index contributed by atoms with van der Waals surface area (Å²) in [6, 6.07) is 0. The number of hydrogen-bond donors (Lipinski definition) is 1. The summed E-state index contributed by atoms with van der Waals surface area (Å²) in [6.45, 7) is 6.54. The Bertz CT molecular complexity index is 166. The molecule has 0 radical (unpaired) electrons. The summed E-state index contributed by atoms with van der Waals surface area (Å²) >= 11 is 0. The molecule has 0 saturated heterocycles. The molecule has 0 aliphatic rings. The lowest BCUT2D eigenvalue weighted by atomic mass is 10.0. The van der Waals surface area contributed by atoms with E-state index in [4.69, 9.17) is 4.74 Å². The van der Waals surface area contributed by atoms with Gasteiger partial charge in [0.1, 0.15) is 0 Å². The second-order valence-corrected chi connectivity index (χ2v) is 5.54. The zero-order valence-electron chi connectivity index (χ0n) is 12.8. The SMILES string of the molecule is CCCCCCCCCCCCC(C)(O)OCC. The van der Waals surface area contributed by atoms with E-state index in [9.17, 15) is 5.11 Å². The van der Waals surface area contributed by atoms with Gasteiger partial charge in [-0.3, -0.25) is 0 Å². The Kier molecular flexibility index (Phi) is 11.9. The van der Waals surface area contributed by atoms with E-state index in [0.717, 1.165) is 12.8 Å². The van der Waals surface area contributed by atoms with Crippen molar-refractivity contribution in [1.82, 2.24) is 0 Å². The number of aliphatic hydroxyl groups is 1. The van der Waals surface area contributed by atoms with Crippen LogP contribution in [0.15, 0.2) is 0 Å². The molecule has 0 fully saturated rings. The number of rotatable bonds is 13. The van der Waals surface area contributed by atoms with Crippen LogP contribution >= 0.6 is 0 Å².